The summed E-state index contributed by atoms with van der Waals surface area (Å²) in [7, 11) is 0. The highest BCUT2D eigenvalue weighted by molar-refractivity contribution is 7.14. The highest BCUT2D eigenvalue weighted by Crippen LogP contribution is 2.23. The number of nitrogens with zero attached hydrogens (tertiary/aromatic N) is 1. The first kappa shape index (κ1) is 14.6. The summed E-state index contributed by atoms with van der Waals surface area (Å²) in [6, 6.07) is 3.00. The molecule has 1 unspecified atom stereocenters. The molecule has 6 heteroatoms. The van der Waals surface area contributed by atoms with Gasteiger partial charge in [0.25, 0.3) is 5.91 Å². The van der Waals surface area contributed by atoms with Gasteiger partial charge in [-0.3, -0.25) is 9.59 Å². The highest BCUT2D eigenvalue weighted by Gasteiger charge is 2.33. The molecule has 1 fully saturated rings. The number of amides is 2. The van der Waals surface area contributed by atoms with Crippen molar-refractivity contribution in [3.8, 4) is 11.8 Å². The molecule has 2 heterocycles. The van der Waals surface area contributed by atoms with Gasteiger partial charge in [-0.1, -0.05) is 11.8 Å². The van der Waals surface area contributed by atoms with Gasteiger partial charge in [-0.25, -0.2) is 0 Å². The third kappa shape index (κ3) is 3.18. The lowest BCUT2D eigenvalue weighted by Crippen LogP contribution is -2.43. The zero-order valence-corrected chi connectivity index (χ0v) is 11.8. The van der Waals surface area contributed by atoms with Crippen molar-refractivity contribution in [2.45, 2.75) is 25.3 Å². The number of carbonyl (C=O) groups excluding carboxylic acids is 2. The Morgan fingerprint density at radius 3 is 3.00 bits per heavy atom. The van der Waals surface area contributed by atoms with E-state index >= 15 is 0 Å². The van der Waals surface area contributed by atoms with Gasteiger partial charge in [0.1, 0.15) is 6.04 Å². The average Bonchev–Trinajstić information content (AvgIpc) is 3.07. The Morgan fingerprint density at radius 1 is 1.50 bits per heavy atom. The maximum atomic E-state index is 12.3. The highest BCUT2D eigenvalue weighted by atomic mass is 32.1. The van der Waals surface area contributed by atoms with Crippen LogP contribution in [-0.4, -0.2) is 41.0 Å². The van der Waals surface area contributed by atoms with Gasteiger partial charge in [0.05, 0.1) is 16.4 Å². The van der Waals surface area contributed by atoms with Crippen molar-refractivity contribution < 1.29 is 14.7 Å². The summed E-state index contributed by atoms with van der Waals surface area (Å²) < 4.78 is 0. The first-order valence-corrected chi connectivity index (χ1v) is 7.25. The maximum Gasteiger partial charge on any atom is 0.264 e. The first-order chi connectivity index (χ1) is 9.63. The molecule has 0 aliphatic carbocycles. The summed E-state index contributed by atoms with van der Waals surface area (Å²) >= 11 is 1.29. The molecule has 0 spiro atoms. The predicted molar refractivity (Wildman–Crippen MR) is 76.2 cm³/mol. The van der Waals surface area contributed by atoms with Gasteiger partial charge in [0, 0.05) is 13.0 Å². The van der Waals surface area contributed by atoms with Crippen LogP contribution in [0.1, 0.15) is 33.8 Å². The lowest BCUT2D eigenvalue weighted by molar-refractivity contribution is -0.121. The van der Waals surface area contributed by atoms with Gasteiger partial charge in [-0.15, -0.1) is 11.3 Å². The van der Waals surface area contributed by atoms with Gasteiger partial charge in [-0.2, -0.15) is 0 Å². The minimum Gasteiger partial charge on any atom is -0.395 e. The van der Waals surface area contributed by atoms with Crippen molar-refractivity contribution in [2.24, 2.45) is 5.73 Å². The van der Waals surface area contributed by atoms with Gasteiger partial charge in [0.2, 0.25) is 5.91 Å². The van der Waals surface area contributed by atoms with Crippen LogP contribution in [0.25, 0.3) is 0 Å². The number of primary amides is 1. The van der Waals surface area contributed by atoms with Crippen molar-refractivity contribution in [3.05, 3.63) is 21.9 Å². The summed E-state index contributed by atoms with van der Waals surface area (Å²) in [4.78, 5) is 26.5. The molecule has 1 aliphatic rings. The molecule has 0 radical (unpaired) electrons. The van der Waals surface area contributed by atoms with Crippen molar-refractivity contribution in [1.82, 2.24) is 4.90 Å². The molecule has 2 amide bonds. The van der Waals surface area contributed by atoms with Gasteiger partial charge in [-0.05, 0) is 25.0 Å². The van der Waals surface area contributed by atoms with Crippen LogP contribution >= 0.6 is 11.3 Å². The van der Waals surface area contributed by atoms with Gasteiger partial charge in [0.15, 0.2) is 0 Å². The SMILES string of the molecule is NC(=O)C1CCCN1C(=O)c1ccc(C#CCCO)s1. The average molecular weight is 292 g/mol. The summed E-state index contributed by atoms with van der Waals surface area (Å²) in [6.45, 7) is 0.591. The molecular weight excluding hydrogens is 276 g/mol. The quantitative estimate of drug-likeness (QED) is 0.799. The summed E-state index contributed by atoms with van der Waals surface area (Å²) in [5, 5.41) is 8.66. The number of hydrogen-bond donors (Lipinski definition) is 2. The molecular formula is C14H16N2O3S. The van der Waals surface area contributed by atoms with Gasteiger partial charge < -0.3 is 15.7 Å². The summed E-state index contributed by atoms with van der Waals surface area (Å²) in [6.07, 6.45) is 1.85. The lowest BCUT2D eigenvalue weighted by Gasteiger charge is -2.21. The second kappa shape index (κ2) is 6.55. The second-order valence-electron chi connectivity index (χ2n) is 4.50. The zero-order chi connectivity index (χ0) is 14.5. The monoisotopic (exact) mass is 292 g/mol. The number of aliphatic hydroxyl groups is 1. The van der Waals surface area contributed by atoms with Gasteiger partial charge >= 0.3 is 0 Å². The molecule has 1 saturated heterocycles. The largest absolute Gasteiger partial charge is 0.395 e. The number of rotatable bonds is 3. The molecule has 1 aromatic rings. The molecule has 0 aromatic carbocycles. The van der Waals surface area contributed by atoms with Crippen LogP contribution in [0.4, 0.5) is 0 Å². The Bertz CT molecular complexity index is 570. The lowest BCUT2D eigenvalue weighted by atomic mass is 10.2. The fourth-order valence-electron chi connectivity index (χ4n) is 2.17. The predicted octanol–water partition coefficient (Wildman–Crippen LogP) is 0.572. The summed E-state index contributed by atoms with van der Waals surface area (Å²) in [5.74, 6) is 5.09. The van der Waals surface area contributed by atoms with Crippen molar-refractivity contribution in [2.75, 3.05) is 13.2 Å². The van der Waals surface area contributed by atoms with Crippen molar-refractivity contribution >= 4 is 23.2 Å². The Balaban J connectivity index is 2.10. The molecule has 106 valence electrons. The molecule has 1 aliphatic heterocycles. The van der Waals surface area contributed by atoms with E-state index in [0.717, 1.165) is 11.3 Å². The first-order valence-electron chi connectivity index (χ1n) is 6.43. The van der Waals surface area contributed by atoms with Crippen LogP contribution in [0.3, 0.4) is 0 Å². The molecule has 0 saturated carbocycles. The van der Waals surface area contributed by atoms with Crippen LogP contribution in [0.15, 0.2) is 12.1 Å². The van der Waals surface area contributed by atoms with E-state index in [9.17, 15) is 9.59 Å². The van der Waals surface area contributed by atoms with E-state index in [1.165, 1.54) is 11.3 Å². The van der Waals surface area contributed by atoms with Crippen molar-refractivity contribution in [3.63, 3.8) is 0 Å². The number of hydrogen-bond acceptors (Lipinski definition) is 4. The van der Waals surface area contributed by atoms with E-state index in [-0.39, 0.29) is 12.5 Å². The number of aliphatic hydroxyl groups excluding tert-OH is 1. The number of nitrogens with two attached hydrogens (primary N) is 1. The third-order valence-electron chi connectivity index (χ3n) is 3.11. The standard InChI is InChI=1S/C14H16N2O3S/c15-13(18)11-5-3-8-16(11)14(19)12-7-6-10(20-12)4-1-2-9-17/h6-7,11,17H,2-3,5,8-9H2,(H2,15,18). The molecule has 20 heavy (non-hydrogen) atoms. The fourth-order valence-corrected chi connectivity index (χ4v) is 3.01. The molecule has 2 rings (SSSR count). The van der Waals surface area contributed by atoms with E-state index in [1.807, 2.05) is 0 Å². The molecule has 1 atom stereocenters. The van der Waals surface area contributed by atoms with E-state index in [4.69, 9.17) is 10.8 Å². The minimum atomic E-state index is -0.492. The van der Waals surface area contributed by atoms with Crippen LogP contribution in [-0.2, 0) is 4.79 Å². The van der Waals surface area contributed by atoms with E-state index < -0.39 is 11.9 Å². The number of likely N-dealkylation sites (tertiary alicyclic amines) is 1. The Hall–Kier alpha value is -1.84. The van der Waals surface area contributed by atoms with Crippen LogP contribution < -0.4 is 5.73 Å². The minimum absolute atomic E-state index is 0.0260. The van der Waals surface area contributed by atoms with E-state index in [0.29, 0.717) is 24.3 Å². The third-order valence-corrected chi connectivity index (χ3v) is 4.10. The molecule has 3 N–H and O–H groups in total. The number of thiophene rings is 1. The Labute approximate surface area is 121 Å². The van der Waals surface area contributed by atoms with Crippen LogP contribution in [0.5, 0.6) is 0 Å². The van der Waals surface area contributed by atoms with Crippen molar-refractivity contribution in [1.29, 1.82) is 0 Å². The van der Waals surface area contributed by atoms with Crippen LogP contribution in [0.2, 0.25) is 0 Å². The smallest absolute Gasteiger partial charge is 0.264 e. The van der Waals surface area contributed by atoms with E-state index in [1.54, 1.807) is 17.0 Å². The number of carbonyl (C=O) groups is 2. The molecule has 1 aromatic heterocycles. The topological polar surface area (TPSA) is 83.6 Å². The van der Waals surface area contributed by atoms with E-state index in [2.05, 4.69) is 11.8 Å². The second-order valence-corrected chi connectivity index (χ2v) is 5.58. The fraction of sp³-hybridized carbons (Fsp3) is 0.429. The molecule has 0 bridgehead atoms. The molecule has 5 nitrogen and oxygen atoms in total. The van der Waals surface area contributed by atoms with Crippen LogP contribution in [0, 0.1) is 11.8 Å². The summed E-state index contributed by atoms with van der Waals surface area (Å²) in [5.41, 5.74) is 5.31. The normalized spacial score (nSPS) is 17.6. The Morgan fingerprint density at radius 2 is 2.30 bits per heavy atom. The Kier molecular flexibility index (Phi) is 4.77. The zero-order valence-electron chi connectivity index (χ0n) is 11.0. The maximum absolute atomic E-state index is 12.3.